The zero-order chi connectivity index (χ0) is 19.1. The van der Waals surface area contributed by atoms with Crippen molar-refractivity contribution in [3.63, 3.8) is 0 Å². The maximum absolute atomic E-state index is 12.4. The molecule has 0 aliphatic heterocycles. The Morgan fingerprint density at radius 1 is 1.15 bits per heavy atom. The van der Waals surface area contributed by atoms with Crippen LogP contribution in [0.5, 0.6) is 0 Å². The third-order valence-corrected chi connectivity index (χ3v) is 5.54. The molecular weight excluding hydrogens is 376 g/mol. The van der Waals surface area contributed by atoms with Crippen LogP contribution in [-0.2, 0) is 11.3 Å². The van der Waals surface area contributed by atoms with Crippen LogP contribution in [0.2, 0.25) is 0 Å². The van der Waals surface area contributed by atoms with Gasteiger partial charge in [0.15, 0.2) is 11.0 Å². The van der Waals surface area contributed by atoms with E-state index in [0.29, 0.717) is 11.7 Å². The van der Waals surface area contributed by atoms with Crippen molar-refractivity contribution >= 4 is 35.1 Å². The first-order valence-corrected chi connectivity index (χ1v) is 10.6. The number of benzene rings is 2. The number of amides is 1. The van der Waals surface area contributed by atoms with Crippen molar-refractivity contribution in [2.75, 3.05) is 17.3 Å². The molecule has 1 amide bonds. The SMILES string of the molecule is C=CCn1c(SCC(=O)Nc2ccccc2SC)nnc1-c1ccccc1. The number of carbonyl (C=O) groups is 1. The Morgan fingerprint density at radius 3 is 2.63 bits per heavy atom. The van der Waals surface area contributed by atoms with Crippen molar-refractivity contribution in [3.8, 4) is 11.4 Å². The van der Waals surface area contributed by atoms with Gasteiger partial charge in [-0.25, -0.2) is 0 Å². The summed E-state index contributed by atoms with van der Waals surface area (Å²) in [4.78, 5) is 13.4. The van der Waals surface area contributed by atoms with Crippen molar-refractivity contribution in [2.45, 2.75) is 16.6 Å². The highest BCUT2D eigenvalue weighted by Gasteiger charge is 2.15. The second-order valence-electron chi connectivity index (χ2n) is 5.61. The average molecular weight is 397 g/mol. The number of carbonyl (C=O) groups excluding carboxylic acids is 1. The lowest BCUT2D eigenvalue weighted by molar-refractivity contribution is -0.113. The maximum atomic E-state index is 12.4. The minimum absolute atomic E-state index is 0.0732. The number of anilines is 1. The molecule has 27 heavy (non-hydrogen) atoms. The van der Waals surface area contributed by atoms with Gasteiger partial charge in [-0.1, -0.05) is 60.3 Å². The van der Waals surface area contributed by atoms with E-state index in [1.807, 2.05) is 65.4 Å². The third kappa shape index (κ3) is 4.81. The van der Waals surface area contributed by atoms with Gasteiger partial charge in [-0.05, 0) is 18.4 Å². The Hall–Kier alpha value is -2.51. The number of nitrogens with zero attached hydrogens (tertiary/aromatic N) is 3. The fraction of sp³-hybridized carbons (Fsp3) is 0.150. The molecule has 0 fully saturated rings. The number of rotatable bonds is 8. The summed E-state index contributed by atoms with van der Waals surface area (Å²) in [6.45, 7) is 4.39. The maximum Gasteiger partial charge on any atom is 0.234 e. The second-order valence-corrected chi connectivity index (χ2v) is 7.40. The highest BCUT2D eigenvalue weighted by Crippen LogP contribution is 2.26. The lowest BCUT2D eigenvalue weighted by Crippen LogP contribution is -2.15. The molecule has 0 atom stereocenters. The van der Waals surface area contributed by atoms with Crippen molar-refractivity contribution in [3.05, 3.63) is 67.3 Å². The molecular formula is C20H20N4OS2. The van der Waals surface area contributed by atoms with Gasteiger partial charge >= 0.3 is 0 Å². The van der Waals surface area contributed by atoms with Gasteiger partial charge < -0.3 is 5.32 Å². The van der Waals surface area contributed by atoms with E-state index in [1.54, 1.807) is 17.8 Å². The number of hydrogen-bond acceptors (Lipinski definition) is 5. The van der Waals surface area contributed by atoms with Gasteiger partial charge in [-0.2, -0.15) is 0 Å². The molecule has 0 aliphatic carbocycles. The quantitative estimate of drug-likeness (QED) is 0.446. The van der Waals surface area contributed by atoms with Gasteiger partial charge in [0.05, 0.1) is 11.4 Å². The zero-order valence-corrected chi connectivity index (χ0v) is 16.6. The first kappa shape index (κ1) is 19.3. The predicted molar refractivity (Wildman–Crippen MR) is 113 cm³/mol. The number of thioether (sulfide) groups is 2. The zero-order valence-electron chi connectivity index (χ0n) is 15.0. The minimum atomic E-state index is -0.0732. The Balaban J connectivity index is 1.71. The van der Waals surface area contributed by atoms with Gasteiger partial charge in [0.1, 0.15) is 0 Å². The van der Waals surface area contributed by atoms with E-state index in [0.717, 1.165) is 22.0 Å². The minimum Gasteiger partial charge on any atom is -0.324 e. The number of nitrogens with one attached hydrogen (secondary N) is 1. The van der Waals surface area contributed by atoms with Gasteiger partial charge in [-0.3, -0.25) is 9.36 Å². The molecule has 3 rings (SSSR count). The van der Waals surface area contributed by atoms with Crippen LogP contribution < -0.4 is 5.32 Å². The molecule has 1 N–H and O–H groups in total. The van der Waals surface area contributed by atoms with E-state index in [9.17, 15) is 4.79 Å². The number of allylic oxidation sites excluding steroid dienone is 1. The first-order chi connectivity index (χ1) is 13.2. The first-order valence-electron chi connectivity index (χ1n) is 8.38. The summed E-state index contributed by atoms with van der Waals surface area (Å²) in [6, 6.07) is 17.6. The Bertz CT molecular complexity index is 925. The van der Waals surface area contributed by atoms with Crippen molar-refractivity contribution in [1.29, 1.82) is 0 Å². The standard InChI is InChI=1S/C20H20N4OS2/c1-3-13-24-19(15-9-5-4-6-10-15)22-23-20(24)27-14-18(25)21-16-11-7-8-12-17(16)26-2/h3-12H,1,13-14H2,2H3,(H,21,25). The van der Waals surface area contributed by atoms with E-state index in [4.69, 9.17) is 0 Å². The molecule has 0 spiro atoms. The Kier molecular flexibility index (Phi) is 6.73. The van der Waals surface area contributed by atoms with Gasteiger partial charge in [0.2, 0.25) is 5.91 Å². The topological polar surface area (TPSA) is 59.8 Å². The van der Waals surface area contributed by atoms with E-state index in [-0.39, 0.29) is 11.7 Å². The molecule has 138 valence electrons. The molecule has 2 aromatic carbocycles. The van der Waals surface area contributed by atoms with Crippen LogP contribution in [0.1, 0.15) is 0 Å². The molecule has 1 aromatic heterocycles. The molecule has 5 nitrogen and oxygen atoms in total. The Labute approximate surface area is 167 Å². The summed E-state index contributed by atoms with van der Waals surface area (Å²) in [6.07, 6.45) is 3.79. The van der Waals surface area contributed by atoms with E-state index < -0.39 is 0 Å². The van der Waals surface area contributed by atoms with Crippen molar-refractivity contribution in [2.24, 2.45) is 0 Å². The van der Waals surface area contributed by atoms with Crippen LogP contribution in [0.15, 0.2) is 77.3 Å². The highest BCUT2D eigenvalue weighted by molar-refractivity contribution is 7.99. The average Bonchev–Trinajstić information content (AvgIpc) is 3.10. The predicted octanol–water partition coefficient (Wildman–Crippen LogP) is 4.58. The molecule has 3 aromatic rings. The van der Waals surface area contributed by atoms with Gasteiger partial charge in [0, 0.05) is 17.0 Å². The van der Waals surface area contributed by atoms with Crippen LogP contribution >= 0.6 is 23.5 Å². The van der Waals surface area contributed by atoms with Crippen LogP contribution in [0.4, 0.5) is 5.69 Å². The normalized spacial score (nSPS) is 10.6. The summed E-state index contributed by atoms with van der Waals surface area (Å²) in [5, 5.41) is 12.2. The lowest BCUT2D eigenvalue weighted by atomic mass is 10.2. The van der Waals surface area contributed by atoms with Gasteiger partial charge in [0.25, 0.3) is 0 Å². The fourth-order valence-electron chi connectivity index (χ4n) is 2.55. The molecule has 7 heteroatoms. The molecule has 0 saturated heterocycles. The van der Waals surface area contributed by atoms with Crippen molar-refractivity contribution < 1.29 is 4.79 Å². The molecule has 0 bridgehead atoms. The third-order valence-electron chi connectivity index (χ3n) is 3.77. The van der Waals surface area contributed by atoms with Crippen LogP contribution in [0, 0.1) is 0 Å². The monoisotopic (exact) mass is 396 g/mol. The van der Waals surface area contributed by atoms with Gasteiger partial charge in [-0.15, -0.1) is 28.5 Å². The van der Waals surface area contributed by atoms with Crippen LogP contribution in [-0.4, -0.2) is 32.7 Å². The van der Waals surface area contributed by atoms with Crippen molar-refractivity contribution in [1.82, 2.24) is 14.8 Å². The summed E-state index contributed by atoms with van der Waals surface area (Å²) in [5.74, 6) is 0.953. The summed E-state index contributed by atoms with van der Waals surface area (Å²) < 4.78 is 1.97. The van der Waals surface area contributed by atoms with Crippen LogP contribution in [0.3, 0.4) is 0 Å². The summed E-state index contributed by atoms with van der Waals surface area (Å²) in [5.41, 5.74) is 1.81. The van der Waals surface area contributed by atoms with Crippen LogP contribution in [0.25, 0.3) is 11.4 Å². The Morgan fingerprint density at radius 2 is 1.89 bits per heavy atom. The lowest BCUT2D eigenvalue weighted by Gasteiger charge is -2.10. The molecule has 0 aliphatic rings. The number of para-hydroxylation sites is 1. The molecule has 0 saturated carbocycles. The fourth-order valence-corrected chi connectivity index (χ4v) is 3.86. The highest BCUT2D eigenvalue weighted by atomic mass is 32.2. The van der Waals surface area contributed by atoms with E-state index >= 15 is 0 Å². The number of hydrogen-bond donors (Lipinski definition) is 1. The second kappa shape index (κ2) is 9.43. The number of aromatic nitrogens is 3. The summed E-state index contributed by atoms with van der Waals surface area (Å²) in [7, 11) is 0. The molecule has 1 heterocycles. The van der Waals surface area contributed by atoms with E-state index in [1.165, 1.54) is 11.8 Å². The largest absolute Gasteiger partial charge is 0.324 e. The molecule has 0 radical (unpaired) electrons. The molecule has 0 unspecified atom stereocenters. The summed E-state index contributed by atoms with van der Waals surface area (Å²) >= 11 is 2.97. The van der Waals surface area contributed by atoms with E-state index in [2.05, 4.69) is 22.1 Å². The smallest absolute Gasteiger partial charge is 0.234 e.